The second kappa shape index (κ2) is 17.0. The molecule has 1 amide bonds. The molecule has 3 rings (SSSR count). The molecular formula is C32H44FN2O2S+. The van der Waals surface area contributed by atoms with Gasteiger partial charge in [-0.15, -0.1) is 0 Å². The zero-order chi connectivity index (χ0) is 27.0. The fourth-order valence-electron chi connectivity index (χ4n) is 4.63. The lowest BCUT2D eigenvalue weighted by atomic mass is 10.1. The van der Waals surface area contributed by atoms with E-state index in [1.165, 1.54) is 70.3 Å². The van der Waals surface area contributed by atoms with Gasteiger partial charge in [-0.2, -0.15) is 4.57 Å². The predicted molar refractivity (Wildman–Crippen MR) is 156 cm³/mol. The van der Waals surface area contributed by atoms with Crippen molar-refractivity contribution in [2.24, 2.45) is 7.05 Å². The fourth-order valence-corrected chi connectivity index (χ4v) is 5.49. The molecule has 4 nitrogen and oxygen atoms in total. The van der Waals surface area contributed by atoms with Gasteiger partial charge < -0.3 is 10.1 Å². The first kappa shape index (κ1) is 29.8. The number of unbranched alkanes of at least 4 members (excludes halogenated alkanes) is 11. The molecule has 38 heavy (non-hydrogen) atoms. The van der Waals surface area contributed by atoms with Crippen LogP contribution < -0.4 is 14.6 Å². The molecule has 0 radical (unpaired) electrons. The summed E-state index contributed by atoms with van der Waals surface area (Å²) < 4.78 is 22.3. The maximum Gasteiger partial charge on any atom is 0.268 e. The summed E-state index contributed by atoms with van der Waals surface area (Å²) in [5.74, 6) is -0.336. The summed E-state index contributed by atoms with van der Waals surface area (Å²) in [6.07, 6.45) is 17.5. The molecule has 0 aliphatic heterocycles. The molecule has 6 heteroatoms. The van der Waals surface area contributed by atoms with Gasteiger partial charge in [0.25, 0.3) is 5.01 Å². The molecule has 2 aromatic carbocycles. The Hall–Kier alpha value is -2.73. The highest BCUT2D eigenvalue weighted by molar-refractivity contribution is 7.12. The topological polar surface area (TPSA) is 42.2 Å². The number of nitrogens with one attached hydrogen (secondary N) is 1. The number of ether oxygens (including phenoxy) is 1. The number of carbonyl (C=O) groups is 1. The average Bonchev–Trinajstić information content (AvgIpc) is 3.34. The first-order chi connectivity index (χ1) is 18.6. The number of benzene rings is 2. The van der Waals surface area contributed by atoms with Gasteiger partial charge in [-0.05, 0) is 42.3 Å². The Morgan fingerprint density at radius 3 is 2.24 bits per heavy atom. The molecule has 0 aliphatic carbocycles. The van der Waals surface area contributed by atoms with Crippen molar-refractivity contribution in [1.29, 1.82) is 0 Å². The summed E-state index contributed by atoms with van der Waals surface area (Å²) in [6.45, 7) is 2.78. The van der Waals surface area contributed by atoms with Gasteiger partial charge in [0.2, 0.25) is 5.91 Å². The third-order valence-electron chi connectivity index (χ3n) is 6.79. The Balaban J connectivity index is 1.31. The van der Waals surface area contributed by atoms with E-state index in [2.05, 4.69) is 16.8 Å². The van der Waals surface area contributed by atoms with E-state index < -0.39 is 5.82 Å². The summed E-state index contributed by atoms with van der Waals surface area (Å²) in [4.78, 5) is 12.6. The van der Waals surface area contributed by atoms with Crippen LogP contribution in [0.4, 0.5) is 10.1 Å². The number of nitrogens with zero attached hydrogens (tertiary/aromatic N) is 1. The quantitative estimate of drug-likeness (QED) is 0.130. The van der Waals surface area contributed by atoms with Crippen LogP contribution in [0.3, 0.4) is 0 Å². The largest absolute Gasteiger partial charge is 0.491 e. The zero-order valence-electron chi connectivity index (χ0n) is 23.1. The van der Waals surface area contributed by atoms with Crippen LogP contribution in [0, 0.1) is 5.82 Å². The third kappa shape index (κ3) is 10.6. The monoisotopic (exact) mass is 539 g/mol. The van der Waals surface area contributed by atoms with Crippen LogP contribution in [0.5, 0.6) is 5.75 Å². The Labute approximate surface area is 232 Å². The van der Waals surface area contributed by atoms with E-state index in [0.29, 0.717) is 12.2 Å². The molecule has 0 saturated heterocycles. The number of aromatic nitrogens is 1. The second-order valence-electron chi connectivity index (χ2n) is 10.1. The van der Waals surface area contributed by atoms with E-state index in [4.69, 9.17) is 4.74 Å². The highest BCUT2D eigenvalue weighted by Crippen LogP contribution is 2.24. The van der Waals surface area contributed by atoms with Crippen molar-refractivity contribution in [2.75, 3.05) is 11.9 Å². The minimum atomic E-state index is -0.415. The normalized spacial score (nSPS) is 11.0. The molecular weight excluding hydrogens is 495 g/mol. The Morgan fingerprint density at radius 2 is 1.61 bits per heavy atom. The van der Waals surface area contributed by atoms with E-state index in [1.807, 2.05) is 42.9 Å². The molecule has 1 aromatic heterocycles. The number of hydrogen-bond acceptors (Lipinski definition) is 3. The highest BCUT2D eigenvalue weighted by Gasteiger charge is 2.13. The Kier molecular flexibility index (Phi) is 13.3. The van der Waals surface area contributed by atoms with Crippen molar-refractivity contribution in [1.82, 2.24) is 0 Å². The molecule has 0 aliphatic rings. The average molecular weight is 540 g/mol. The smallest absolute Gasteiger partial charge is 0.268 e. The second-order valence-corrected chi connectivity index (χ2v) is 11.0. The van der Waals surface area contributed by atoms with Crippen molar-refractivity contribution in [2.45, 2.75) is 90.4 Å². The first-order valence-corrected chi connectivity index (χ1v) is 15.2. The van der Waals surface area contributed by atoms with Gasteiger partial charge in [-0.25, -0.2) is 4.39 Å². The van der Waals surface area contributed by atoms with Crippen molar-refractivity contribution in [3.8, 4) is 16.3 Å². The van der Waals surface area contributed by atoms with Crippen LogP contribution in [0.1, 0.15) is 89.5 Å². The number of carbonyl (C=O) groups excluding carboxylic acids is 1. The lowest BCUT2D eigenvalue weighted by Gasteiger charge is -2.10. The lowest BCUT2D eigenvalue weighted by Crippen LogP contribution is -2.26. The molecule has 0 atom stereocenters. The first-order valence-electron chi connectivity index (χ1n) is 14.3. The van der Waals surface area contributed by atoms with Crippen LogP contribution in [0.25, 0.3) is 10.6 Å². The van der Waals surface area contributed by atoms with Crippen LogP contribution in [0.15, 0.2) is 54.0 Å². The summed E-state index contributed by atoms with van der Waals surface area (Å²) in [5.41, 5.74) is 2.39. The maximum atomic E-state index is 14.6. The van der Waals surface area contributed by atoms with Gasteiger partial charge in [0.15, 0.2) is 17.8 Å². The van der Waals surface area contributed by atoms with Gasteiger partial charge in [0.05, 0.1) is 24.0 Å². The lowest BCUT2D eigenvalue weighted by molar-refractivity contribution is -0.655. The van der Waals surface area contributed by atoms with Gasteiger partial charge in [0.1, 0.15) is 7.05 Å². The van der Waals surface area contributed by atoms with Gasteiger partial charge in [0, 0.05) is 5.69 Å². The number of hydrogen-bond donors (Lipinski definition) is 1. The number of amides is 1. The molecule has 0 fully saturated rings. The van der Waals surface area contributed by atoms with E-state index in [1.54, 1.807) is 23.5 Å². The van der Waals surface area contributed by atoms with Crippen LogP contribution in [-0.4, -0.2) is 12.5 Å². The van der Waals surface area contributed by atoms with Crippen LogP contribution in [-0.2, 0) is 18.3 Å². The summed E-state index contributed by atoms with van der Waals surface area (Å²) in [7, 11) is 2.00. The number of anilines is 1. The van der Waals surface area contributed by atoms with Crippen LogP contribution >= 0.6 is 11.3 Å². The van der Waals surface area contributed by atoms with Crippen molar-refractivity contribution in [3.63, 3.8) is 0 Å². The number of halogens is 1. The number of rotatable bonds is 18. The third-order valence-corrected chi connectivity index (χ3v) is 7.80. The molecule has 0 saturated carbocycles. The minimum absolute atomic E-state index is 0.104. The standard InChI is InChI=1S/C32H43FN2O2S/c1-3-4-5-6-7-8-9-10-11-12-13-14-21-37-30-19-18-26(23-29(30)33)24-31(36)34-28-17-15-16-27(25-28)32-35(2)20-22-38-32/h15-20,22-23,25H,3-14,21,24H2,1-2H3/p+1. The van der Waals surface area contributed by atoms with Crippen LogP contribution in [0.2, 0.25) is 0 Å². The molecule has 206 valence electrons. The Bertz CT molecular complexity index is 1110. The van der Waals surface area contributed by atoms with Gasteiger partial charge >= 0.3 is 0 Å². The maximum absolute atomic E-state index is 14.6. The molecule has 0 spiro atoms. The van der Waals surface area contributed by atoms with Gasteiger partial charge in [-0.1, -0.05) is 101 Å². The van der Waals surface area contributed by atoms with Crippen molar-refractivity contribution < 1.29 is 18.5 Å². The van der Waals surface area contributed by atoms with E-state index >= 15 is 0 Å². The van der Waals surface area contributed by atoms with E-state index in [0.717, 1.165) is 29.1 Å². The molecule has 0 bridgehead atoms. The predicted octanol–water partition coefficient (Wildman–Crippen LogP) is 8.64. The number of aryl methyl sites for hydroxylation is 1. The van der Waals surface area contributed by atoms with E-state index in [-0.39, 0.29) is 18.1 Å². The highest BCUT2D eigenvalue weighted by atomic mass is 32.1. The van der Waals surface area contributed by atoms with Gasteiger partial charge in [-0.3, -0.25) is 4.79 Å². The molecule has 3 aromatic rings. The number of thiazole rings is 1. The Morgan fingerprint density at radius 1 is 0.921 bits per heavy atom. The zero-order valence-corrected chi connectivity index (χ0v) is 24.0. The summed E-state index contributed by atoms with van der Waals surface area (Å²) in [5, 5.41) is 6.07. The van der Waals surface area contributed by atoms with E-state index in [9.17, 15) is 9.18 Å². The minimum Gasteiger partial charge on any atom is -0.491 e. The SMILES string of the molecule is CCCCCCCCCCCCCCOc1ccc(CC(=O)Nc2cccc(-c3scc[n+]3C)c2)cc1F. The fraction of sp³-hybridized carbons (Fsp3) is 0.500. The molecule has 1 N–H and O–H groups in total. The van der Waals surface area contributed by atoms with Crippen molar-refractivity contribution in [3.05, 3.63) is 65.4 Å². The molecule has 1 heterocycles. The van der Waals surface area contributed by atoms with Crippen molar-refractivity contribution >= 4 is 22.9 Å². The summed E-state index contributed by atoms with van der Waals surface area (Å²) in [6, 6.07) is 12.6. The summed E-state index contributed by atoms with van der Waals surface area (Å²) >= 11 is 1.65. The molecule has 0 unspecified atom stereocenters.